The van der Waals surface area contributed by atoms with E-state index in [2.05, 4.69) is 20.8 Å². The highest BCUT2D eigenvalue weighted by molar-refractivity contribution is 6.19. The molecule has 6 heteroatoms. The summed E-state index contributed by atoms with van der Waals surface area (Å²) in [4.78, 5) is 26.5. The quantitative estimate of drug-likeness (QED) is 0.168. The lowest BCUT2D eigenvalue weighted by Gasteiger charge is -2.30. The van der Waals surface area contributed by atoms with Gasteiger partial charge in [0.25, 0.3) is 0 Å². The van der Waals surface area contributed by atoms with E-state index in [9.17, 15) is 9.59 Å². The molecule has 0 fully saturated rings. The summed E-state index contributed by atoms with van der Waals surface area (Å²) in [7, 11) is 0. The lowest BCUT2D eigenvalue weighted by Crippen LogP contribution is -2.29. The van der Waals surface area contributed by atoms with Crippen LogP contribution in [0.4, 0.5) is 0 Å². The summed E-state index contributed by atoms with van der Waals surface area (Å²) in [6, 6.07) is 18.5. The van der Waals surface area contributed by atoms with Crippen molar-refractivity contribution in [2.45, 2.75) is 58.3 Å². The minimum Gasteiger partial charge on any atom is -0.493 e. The molecule has 39 heavy (non-hydrogen) atoms. The maximum absolute atomic E-state index is 13.6. The van der Waals surface area contributed by atoms with Gasteiger partial charge in [-0.05, 0) is 66.3 Å². The molecule has 0 saturated carbocycles. The third-order valence-electron chi connectivity index (χ3n) is 7.33. The maximum Gasteiger partial charge on any atom is 0.315 e. The number of esters is 1. The van der Waals surface area contributed by atoms with Gasteiger partial charge in [-0.2, -0.15) is 0 Å². The number of hydrogen-bond acceptors (Lipinski definition) is 6. The van der Waals surface area contributed by atoms with E-state index in [-0.39, 0.29) is 30.2 Å². The summed E-state index contributed by atoms with van der Waals surface area (Å²) >= 11 is 0. The molecule has 0 saturated heterocycles. The molecule has 1 aliphatic carbocycles. The van der Waals surface area contributed by atoms with Gasteiger partial charge >= 0.3 is 5.97 Å². The first-order valence-electron chi connectivity index (χ1n) is 13.3. The van der Waals surface area contributed by atoms with Crippen molar-refractivity contribution in [2.75, 3.05) is 13.2 Å². The molecule has 0 bridgehead atoms. The van der Waals surface area contributed by atoms with Crippen LogP contribution in [0.25, 0.3) is 11.0 Å². The van der Waals surface area contributed by atoms with Crippen molar-refractivity contribution in [3.8, 4) is 11.5 Å². The van der Waals surface area contributed by atoms with Crippen LogP contribution < -0.4 is 9.47 Å². The molecule has 1 N–H and O–H groups in total. The molecule has 0 amide bonds. The highest BCUT2D eigenvalue weighted by atomic mass is 16.5. The van der Waals surface area contributed by atoms with Crippen LogP contribution in [0, 0.1) is 0 Å². The van der Waals surface area contributed by atoms with Gasteiger partial charge < -0.3 is 19.0 Å². The number of hydrogen-bond donors (Lipinski definition) is 1. The summed E-state index contributed by atoms with van der Waals surface area (Å²) in [5, 5.41) is 9.73. The van der Waals surface area contributed by atoms with Gasteiger partial charge in [-0.1, -0.05) is 45.0 Å². The Hall–Kier alpha value is -3.90. The van der Waals surface area contributed by atoms with Crippen LogP contribution in [0.2, 0.25) is 0 Å². The molecule has 1 heterocycles. The SMILES string of the molecule is CC(C)(C)c1ccccc1CC(=O)Oc1ccc2c3c(oc2c1)C(C)(C)c1cc(OCCCO)ccc1C3=O. The number of aliphatic hydroxyl groups excluding tert-OH is 1. The van der Waals surface area contributed by atoms with Crippen molar-refractivity contribution >= 4 is 22.7 Å². The highest BCUT2D eigenvalue weighted by Crippen LogP contribution is 2.46. The number of carbonyl (C=O) groups excluding carboxylic acids is 2. The number of fused-ring (bicyclic) bond motifs is 4. The van der Waals surface area contributed by atoms with Crippen molar-refractivity contribution < 1.29 is 28.6 Å². The average Bonchev–Trinajstić information content (AvgIpc) is 3.27. The first-order valence-corrected chi connectivity index (χ1v) is 13.3. The topological polar surface area (TPSA) is 86.0 Å². The number of aliphatic hydroxyl groups is 1. The first-order chi connectivity index (χ1) is 18.5. The zero-order valence-corrected chi connectivity index (χ0v) is 23.1. The fourth-order valence-corrected chi connectivity index (χ4v) is 5.37. The van der Waals surface area contributed by atoms with Crippen LogP contribution in [0.1, 0.15) is 79.4 Å². The van der Waals surface area contributed by atoms with Crippen LogP contribution in [0.15, 0.2) is 65.1 Å². The molecule has 0 aliphatic heterocycles. The molecule has 6 nitrogen and oxygen atoms in total. The summed E-state index contributed by atoms with van der Waals surface area (Å²) in [6.45, 7) is 10.8. The Bertz CT molecular complexity index is 1570. The average molecular weight is 527 g/mol. The van der Waals surface area contributed by atoms with Crippen molar-refractivity contribution in [1.29, 1.82) is 0 Å². The molecule has 1 aliphatic rings. The van der Waals surface area contributed by atoms with E-state index in [0.29, 0.717) is 52.4 Å². The first kappa shape index (κ1) is 26.7. The van der Waals surface area contributed by atoms with E-state index in [0.717, 1.165) is 16.7 Å². The van der Waals surface area contributed by atoms with E-state index in [4.69, 9.17) is 19.0 Å². The summed E-state index contributed by atoms with van der Waals surface area (Å²) in [6.07, 6.45) is 0.687. The van der Waals surface area contributed by atoms with Crippen LogP contribution in [-0.4, -0.2) is 30.1 Å². The number of carbonyl (C=O) groups is 2. The number of furan rings is 1. The van der Waals surface area contributed by atoms with E-state index >= 15 is 0 Å². The predicted molar refractivity (Wildman–Crippen MR) is 150 cm³/mol. The second-order valence-corrected chi connectivity index (χ2v) is 11.6. The smallest absolute Gasteiger partial charge is 0.315 e. The molecule has 0 radical (unpaired) electrons. The van der Waals surface area contributed by atoms with Crippen molar-refractivity contribution in [2.24, 2.45) is 0 Å². The Kier molecular flexibility index (Phi) is 6.85. The third kappa shape index (κ3) is 4.97. The predicted octanol–water partition coefficient (Wildman–Crippen LogP) is 6.51. The van der Waals surface area contributed by atoms with E-state index in [1.807, 2.05) is 44.2 Å². The van der Waals surface area contributed by atoms with Gasteiger partial charge in [0.15, 0.2) is 5.78 Å². The van der Waals surface area contributed by atoms with E-state index in [1.54, 1.807) is 30.3 Å². The standard InChI is InChI=1S/C33H34O6/c1-32(2,3)25-10-7-6-9-20(25)17-28(35)38-22-12-14-24-27(19-22)39-31-29(24)30(36)23-13-11-21(37-16-8-15-34)18-26(23)33(31,4)5/h6-7,9-14,18-19,34H,8,15-17H2,1-5H3. The molecule has 1 aromatic heterocycles. The Morgan fingerprint density at radius 2 is 1.74 bits per heavy atom. The lowest BCUT2D eigenvalue weighted by atomic mass is 9.71. The molecule has 202 valence electrons. The summed E-state index contributed by atoms with van der Waals surface area (Å²) < 4.78 is 17.8. The van der Waals surface area contributed by atoms with Gasteiger partial charge in [0.1, 0.15) is 22.8 Å². The molecule has 3 aromatic carbocycles. The van der Waals surface area contributed by atoms with Gasteiger partial charge in [0.2, 0.25) is 0 Å². The summed E-state index contributed by atoms with van der Waals surface area (Å²) in [5.74, 6) is 1.12. The molecule has 4 aromatic rings. The Labute approximate surface area is 228 Å². The second kappa shape index (κ2) is 10.0. The molecular formula is C33H34O6. The van der Waals surface area contributed by atoms with Crippen molar-refractivity contribution in [1.82, 2.24) is 0 Å². The fraction of sp³-hybridized carbons (Fsp3) is 0.333. The fourth-order valence-electron chi connectivity index (χ4n) is 5.37. The molecule has 0 atom stereocenters. The highest BCUT2D eigenvalue weighted by Gasteiger charge is 2.41. The molecule has 5 rings (SSSR count). The Morgan fingerprint density at radius 3 is 2.49 bits per heavy atom. The minimum absolute atomic E-state index is 0.0543. The van der Waals surface area contributed by atoms with E-state index in [1.165, 1.54) is 0 Å². The van der Waals surface area contributed by atoms with Gasteiger partial charge in [0, 0.05) is 35.5 Å². The minimum atomic E-state index is -0.596. The van der Waals surface area contributed by atoms with Crippen molar-refractivity contribution in [3.05, 3.63) is 94.2 Å². The normalized spacial score (nSPS) is 14.2. The largest absolute Gasteiger partial charge is 0.493 e. The van der Waals surface area contributed by atoms with Crippen LogP contribution >= 0.6 is 0 Å². The third-order valence-corrected chi connectivity index (χ3v) is 7.33. The number of ether oxygens (including phenoxy) is 2. The summed E-state index contributed by atoms with van der Waals surface area (Å²) in [5.41, 5.74) is 3.82. The monoisotopic (exact) mass is 526 g/mol. The van der Waals surface area contributed by atoms with Crippen molar-refractivity contribution in [3.63, 3.8) is 0 Å². The van der Waals surface area contributed by atoms with Crippen LogP contribution in [0.3, 0.4) is 0 Å². The number of ketones is 1. The molecule has 0 unspecified atom stereocenters. The van der Waals surface area contributed by atoms with Gasteiger partial charge in [-0.3, -0.25) is 9.59 Å². The van der Waals surface area contributed by atoms with E-state index < -0.39 is 5.41 Å². The zero-order chi connectivity index (χ0) is 27.9. The molecule has 0 spiro atoms. The maximum atomic E-state index is 13.6. The van der Waals surface area contributed by atoms with Gasteiger partial charge in [0.05, 0.1) is 18.6 Å². The lowest BCUT2D eigenvalue weighted by molar-refractivity contribution is -0.133. The zero-order valence-electron chi connectivity index (χ0n) is 23.1. The molecular weight excluding hydrogens is 492 g/mol. The van der Waals surface area contributed by atoms with Gasteiger partial charge in [-0.25, -0.2) is 0 Å². The number of rotatable bonds is 7. The Morgan fingerprint density at radius 1 is 1.00 bits per heavy atom. The number of benzene rings is 3. The second-order valence-electron chi connectivity index (χ2n) is 11.6. The van der Waals surface area contributed by atoms with Crippen LogP contribution in [0.5, 0.6) is 11.5 Å². The van der Waals surface area contributed by atoms with Crippen LogP contribution in [-0.2, 0) is 22.0 Å². The van der Waals surface area contributed by atoms with Gasteiger partial charge in [-0.15, -0.1) is 0 Å². The Balaban J connectivity index is 1.43.